The topological polar surface area (TPSA) is 18.5 Å². The summed E-state index contributed by atoms with van der Waals surface area (Å²) < 4.78 is 10.3. The van der Waals surface area contributed by atoms with E-state index in [0.717, 1.165) is 12.5 Å². The van der Waals surface area contributed by atoms with E-state index in [2.05, 4.69) is 22.9 Å². The highest BCUT2D eigenvalue weighted by Crippen LogP contribution is 2.20. The second-order valence-electron chi connectivity index (χ2n) is 2.47. The molecule has 2 unspecified atom stereocenters. The largest absolute Gasteiger partial charge is 0.398 e. The highest BCUT2D eigenvalue weighted by atomic mass is 79.9. The molecular weight excluding hydrogens is 248 g/mol. The summed E-state index contributed by atoms with van der Waals surface area (Å²) in [6.07, 6.45) is 1.06. The molecule has 5 heteroatoms. The number of halogens is 2. The SMILES string of the molecule is CCC[Si](C)(OC)OC(Cl)Br. The van der Waals surface area contributed by atoms with Crippen molar-refractivity contribution in [2.75, 3.05) is 7.11 Å². The van der Waals surface area contributed by atoms with Crippen LogP contribution in [0.25, 0.3) is 0 Å². The van der Waals surface area contributed by atoms with Crippen molar-refractivity contribution in [3.05, 3.63) is 0 Å². The van der Waals surface area contributed by atoms with Gasteiger partial charge in [-0.25, -0.2) is 0 Å². The molecule has 2 nitrogen and oxygen atoms in total. The van der Waals surface area contributed by atoms with Crippen molar-refractivity contribution in [2.24, 2.45) is 0 Å². The highest BCUT2D eigenvalue weighted by molar-refractivity contribution is 9.10. The normalized spacial score (nSPS) is 19.4. The highest BCUT2D eigenvalue weighted by Gasteiger charge is 2.30. The van der Waals surface area contributed by atoms with Gasteiger partial charge in [-0.3, -0.25) is 0 Å². The third-order valence-electron chi connectivity index (χ3n) is 1.47. The van der Waals surface area contributed by atoms with Crippen LogP contribution in [0.5, 0.6) is 0 Å². The van der Waals surface area contributed by atoms with Crippen molar-refractivity contribution in [1.82, 2.24) is 0 Å². The van der Waals surface area contributed by atoms with Gasteiger partial charge in [-0.1, -0.05) is 24.9 Å². The fourth-order valence-corrected chi connectivity index (χ4v) is 4.31. The first-order valence-electron chi connectivity index (χ1n) is 3.55. The van der Waals surface area contributed by atoms with Gasteiger partial charge in [0, 0.05) is 7.11 Å². The Morgan fingerprint density at radius 2 is 2.18 bits per heavy atom. The molecule has 0 saturated heterocycles. The second-order valence-corrected chi connectivity index (χ2v) is 7.63. The zero-order valence-electron chi connectivity index (χ0n) is 7.06. The molecule has 0 bridgehead atoms. The lowest BCUT2D eigenvalue weighted by Gasteiger charge is -2.25. The lowest BCUT2D eigenvalue weighted by molar-refractivity contribution is 0.226. The Labute approximate surface area is 82.6 Å². The maximum absolute atomic E-state index is 5.63. The van der Waals surface area contributed by atoms with E-state index in [9.17, 15) is 0 Å². The standard InChI is InChI=1S/C6H14BrClO2Si/c1-4-5-11(3,9-2)10-6(7)8/h6H,4-5H2,1-3H3. The second kappa shape index (κ2) is 5.53. The minimum absolute atomic E-state index is 0.425. The van der Waals surface area contributed by atoms with E-state index in [0.29, 0.717) is 0 Å². The Balaban J connectivity index is 3.87. The maximum atomic E-state index is 5.63. The van der Waals surface area contributed by atoms with E-state index < -0.39 is 13.0 Å². The van der Waals surface area contributed by atoms with Crippen LogP contribution < -0.4 is 0 Å². The predicted molar refractivity (Wildman–Crippen MR) is 53.4 cm³/mol. The molecule has 0 aliphatic carbocycles. The zero-order chi connectivity index (χ0) is 8.91. The summed E-state index contributed by atoms with van der Waals surface area (Å²) in [4.78, 5) is 0. The summed E-state index contributed by atoms with van der Waals surface area (Å²) in [6, 6.07) is 0.971. The first-order valence-corrected chi connectivity index (χ1v) is 7.43. The first kappa shape index (κ1) is 11.9. The molecule has 68 valence electrons. The van der Waals surface area contributed by atoms with Crippen LogP contribution in [0.3, 0.4) is 0 Å². The van der Waals surface area contributed by atoms with Gasteiger partial charge in [-0.15, -0.1) is 0 Å². The maximum Gasteiger partial charge on any atom is 0.336 e. The van der Waals surface area contributed by atoms with Crippen LogP contribution in [0, 0.1) is 0 Å². The van der Waals surface area contributed by atoms with Crippen LogP contribution in [0.1, 0.15) is 13.3 Å². The quantitative estimate of drug-likeness (QED) is 0.559. The molecule has 11 heavy (non-hydrogen) atoms. The predicted octanol–water partition coefficient (Wildman–Crippen LogP) is 3.05. The Hall–Kier alpha value is 0.907. The van der Waals surface area contributed by atoms with Gasteiger partial charge in [0.1, 0.15) is 0 Å². The molecule has 0 aliphatic heterocycles. The zero-order valence-corrected chi connectivity index (χ0v) is 10.4. The summed E-state index contributed by atoms with van der Waals surface area (Å²) in [6.45, 7) is 4.11. The molecule has 0 aromatic heterocycles. The Morgan fingerprint density at radius 3 is 2.45 bits per heavy atom. The molecule has 0 spiro atoms. The van der Waals surface area contributed by atoms with E-state index in [4.69, 9.17) is 20.5 Å². The molecule has 0 aliphatic rings. The van der Waals surface area contributed by atoms with Crippen molar-refractivity contribution in [3.8, 4) is 0 Å². The third kappa shape index (κ3) is 5.19. The monoisotopic (exact) mass is 260 g/mol. The molecule has 0 saturated carbocycles. The number of hydrogen-bond acceptors (Lipinski definition) is 2. The van der Waals surface area contributed by atoms with Gasteiger partial charge in [-0.05, 0) is 28.5 Å². The molecule has 0 fully saturated rings. The molecule has 0 heterocycles. The summed E-state index contributed by atoms with van der Waals surface area (Å²) in [7, 11) is -0.291. The van der Waals surface area contributed by atoms with Gasteiger partial charge in [0.25, 0.3) is 0 Å². The average Bonchev–Trinajstić information content (AvgIpc) is 1.87. The number of rotatable bonds is 5. The molecule has 2 atom stereocenters. The van der Waals surface area contributed by atoms with Gasteiger partial charge in [0.2, 0.25) is 0 Å². The summed E-state index contributed by atoms with van der Waals surface area (Å²) in [5, 5.41) is 0. The van der Waals surface area contributed by atoms with Crippen LogP contribution >= 0.6 is 27.5 Å². The summed E-state index contributed by atoms with van der Waals surface area (Å²) in [5.74, 6) is 0. The molecule has 0 radical (unpaired) electrons. The molecule has 0 aromatic rings. The van der Waals surface area contributed by atoms with Crippen LogP contribution in [-0.2, 0) is 8.85 Å². The lowest BCUT2D eigenvalue weighted by atomic mass is 10.6. The van der Waals surface area contributed by atoms with Crippen molar-refractivity contribution in [1.29, 1.82) is 0 Å². The minimum atomic E-state index is -1.97. The van der Waals surface area contributed by atoms with E-state index >= 15 is 0 Å². The molecule has 0 rings (SSSR count). The van der Waals surface area contributed by atoms with Crippen molar-refractivity contribution >= 4 is 36.1 Å². The number of alkyl halides is 2. The van der Waals surface area contributed by atoms with Crippen molar-refractivity contribution in [3.63, 3.8) is 0 Å². The van der Waals surface area contributed by atoms with Crippen LogP contribution in [0.2, 0.25) is 12.6 Å². The van der Waals surface area contributed by atoms with Crippen LogP contribution in [-0.4, -0.2) is 20.1 Å². The van der Waals surface area contributed by atoms with E-state index in [-0.39, 0.29) is 0 Å². The Kier molecular flexibility index (Phi) is 5.99. The van der Waals surface area contributed by atoms with Crippen molar-refractivity contribution in [2.45, 2.75) is 30.4 Å². The lowest BCUT2D eigenvalue weighted by Crippen LogP contribution is -2.38. The van der Waals surface area contributed by atoms with Crippen LogP contribution in [0.4, 0.5) is 0 Å². The molecule has 0 N–H and O–H groups in total. The molecule has 0 amide bonds. The fraction of sp³-hybridized carbons (Fsp3) is 1.00. The summed E-state index contributed by atoms with van der Waals surface area (Å²) >= 11 is 8.74. The Morgan fingerprint density at radius 1 is 1.64 bits per heavy atom. The van der Waals surface area contributed by atoms with Gasteiger partial charge >= 0.3 is 8.56 Å². The van der Waals surface area contributed by atoms with Crippen LogP contribution in [0.15, 0.2) is 0 Å². The van der Waals surface area contributed by atoms with Gasteiger partial charge in [0.05, 0.1) is 0 Å². The Bertz CT molecular complexity index is 115. The van der Waals surface area contributed by atoms with Gasteiger partial charge < -0.3 is 8.85 Å². The average molecular weight is 262 g/mol. The van der Waals surface area contributed by atoms with E-state index in [1.54, 1.807) is 7.11 Å². The smallest absolute Gasteiger partial charge is 0.336 e. The van der Waals surface area contributed by atoms with E-state index in [1.165, 1.54) is 0 Å². The number of hydrogen-bond donors (Lipinski definition) is 0. The minimum Gasteiger partial charge on any atom is -0.398 e. The van der Waals surface area contributed by atoms with Crippen molar-refractivity contribution < 1.29 is 8.85 Å². The first-order chi connectivity index (χ1) is 5.04. The van der Waals surface area contributed by atoms with Gasteiger partial charge in [0.15, 0.2) is 4.47 Å². The third-order valence-corrected chi connectivity index (χ3v) is 5.25. The molecule has 0 aromatic carbocycles. The molecular formula is C6H14BrClO2Si. The summed E-state index contributed by atoms with van der Waals surface area (Å²) in [5.41, 5.74) is 0. The van der Waals surface area contributed by atoms with E-state index in [1.807, 2.05) is 6.55 Å². The van der Waals surface area contributed by atoms with Gasteiger partial charge in [-0.2, -0.15) is 0 Å². The fourth-order valence-electron chi connectivity index (χ4n) is 0.852.